The van der Waals surface area contributed by atoms with Gasteiger partial charge in [0.2, 0.25) is 5.91 Å². The van der Waals surface area contributed by atoms with E-state index in [1.165, 1.54) is 13.8 Å². The number of hydrogen-bond donors (Lipinski definition) is 1. The number of nitrogens with zero attached hydrogens (tertiary/aromatic N) is 1. The van der Waals surface area contributed by atoms with Gasteiger partial charge in [0.05, 0.1) is 0 Å². The van der Waals surface area contributed by atoms with Crippen LogP contribution in [0, 0.1) is 0 Å². The van der Waals surface area contributed by atoms with E-state index in [0.717, 1.165) is 30.3 Å². The molecule has 0 spiro atoms. The predicted octanol–water partition coefficient (Wildman–Crippen LogP) is 1.37. The Hall–Kier alpha value is -1.56. The van der Waals surface area contributed by atoms with Gasteiger partial charge in [-0.3, -0.25) is 4.79 Å². The zero-order chi connectivity index (χ0) is 15.1. The van der Waals surface area contributed by atoms with Crippen LogP contribution in [0.15, 0.2) is 18.2 Å². The number of hydrogen-bond acceptors (Lipinski definition) is 4. The number of aryl methyl sites for hydroxylation is 1. The lowest BCUT2D eigenvalue weighted by Gasteiger charge is -2.35. The molecule has 110 valence electrons. The number of nitrogens with two attached hydrogens (primary N) is 1. The number of nitrogen functional groups attached to an aromatic ring is 1. The Kier molecular flexibility index (Phi) is 3.54. The van der Waals surface area contributed by atoms with Crippen LogP contribution in [0.2, 0.25) is 0 Å². The van der Waals surface area contributed by atoms with Crippen molar-refractivity contribution in [3.8, 4) is 0 Å². The fourth-order valence-corrected chi connectivity index (χ4v) is 2.71. The van der Waals surface area contributed by atoms with Crippen LogP contribution in [0.25, 0.3) is 0 Å². The lowest BCUT2D eigenvalue weighted by Crippen LogP contribution is -2.51. The number of anilines is 2. The van der Waals surface area contributed by atoms with Crippen molar-refractivity contribution in [3.05, 3.63) is 23.8 Å². The highest BCUT2D eigenvalue weighted by molar-refractivity contribution is 7.92. The third-order valence-electron chi connectivity index (χ3n) is 3.92. The lowest BCUT2D eigenvalue weighted by atomic mass is 9.99. The van der Waals surface area contributed by atoms with Crippen molar-refractivity contribution in [2.45, 2.75) is 31.4 Å². The van der Waals surface area contributed by atoms with Gasteiger partial charge in [-0.1, -0.05) is 6.07 Å². The van der Waals surface area contributed by atoms with Crippen molar-refractivity contribution in [2.75, 3.05) is 23.4 Å². The highest BCUT2D eigenvalue weighted by atomic mass is 32.2. The Balaban J connectivity index is 2.47. The van der Waals surface area contributed by atoms with Crippen LogP contribution in [0.3, 0.4) is 0 Å². The molecule has 0 fully saturated rings. The second kappa shape index (κ2) is 4.77. The summed E-state index contributed by atoms with van der Waals surface area (Å²) in [7, 11) is -3.49. The number of carbonyl (C=O) groups is 1. The Labute approximate surface area is 119 Å². The van der Waals surface area contributed by atoms with Crippen molar-refractivity contribution in [1.29, 1.82) is 0 Å². The van der Waals surface area contributed by atoms with Gasteiger partial charge >= 0.3 is 0 Å². The van der Waals surface area contributed by atoms with Crippen LogP contribution in [0.4, 0.5) is 11.4 Å². The zero-order valence-corrected chi connectivity index (χ0v) is 12.8. The van der Waals surface area contributed by atoms with Crippen LogP contribution in [-0.2, 0) is 21.1 Å². The topological polar surface area (TPSA) is 80.5 Å². The van der Waals surface area contributed by atoms with E-state index >= 15 is 0 Å². The number of carbonyl (C=O) groups excluding carboxylic acids is 1. The van der Waals surface area contributed by atoms with E-state index in [2.05, 4.69) is 0 Å². The van der Waals surface area contributed by atoms with E-state index < -0.39 is 20.5 Å². The first-order chi connectivity index (χ1) is 9.14. The summed E-state index contributed by atoms with van der Waals surface area (Å²) < 4.78 is 22.2. The first kappa shape index (κ1) is 14.8. The van der Waals surface area contributed by atoms with Crippen molar-refractivity contribution >= 4 is 27.1 Å². The summed E-state index contributed by atoms with van der Waals surface area (Å²) in [4.78, 5) is 14.2. The Bertz CT molecular complexity index is 650. The minimum Gasteiger partial charge on any atom is -0.399 e. The molecule has 1 aromatic rings. The lowest BCUT2D eigenvalue weighted by molar-refractivity contribution is -0.120. The minimum absolute atomic E-state index is 0.397. The average Bonchev–Trinajstić information content (AvgIpc) is 2.35. The summed E-state index contributed by atoms with van der Waals surface area (Å²) in [6, 6.07) is 5.44. The maximum Gasteiger partial charge on any atom is 0.247 e. The van der Waals surface area contributed by atoms with Gasteiger partial charge in [0.1, 0.15) is 4.75 Å². The number of fused-ring (bicyclic) bond motifs is 1. The first-order valence-electron chi connectivity index (χ1n) is 6.54. The fourth-order valence-electron chi connectivity index (χ4n) is 2.29. The molecule has 0 bridgehead atoms. The molecule has 0 unspecified atom stereocenters. The number of rotatable bonds is 2. The molecule has 20 heavy (non-hydrogen) atoms. The Morgan fingerprint density at radius 1 is 1.35 bits per heavy atom. The van der Waals surface area contributed by atoms with Crippen LogP contribution in [-0.4, -0.2) is 31.9 Å². The van der Waals surface area contributed by atoms with Gasteiger partial charge in [-0.15, -0.1) is 0 Å². The molecule has 0 saturated carbocycles. The molecule has 0 saturated heterocycles. The predicted molar refractivity (Wildman–Crippen MR) is 80.5 cm³/mol. The molecule has 0 aromatic heterocycles. The molecule has 0 atom stereocenters. The molecule has 1 aromatic carbocycles. The van der Waals surface area contributed by atoms with Crippen LogP contribution in [0.5, 0.6) is 0 Å². The summed E-state index contributed by atoms with van der Waals surface area (Å²) in [5.41, 5.74) is 8.12. The Morgan fingerprint density at radius 3 is 2.60 bits per heavy atom. The summed E-state index contributed by atoms with van der Waals surface area (Å²) in [5.74, 6) is -0.397. The summed E-state index contributed by atoms with van der Waals surface area (Å²) in [6.07, 6.45) is 2.79. The number of benzene rings is 1. The van der Waals surface area contributed by atoms with Gasteiger partial charge in [-0.2, -0.15) is 0 Å². The normalized spacial score (nSPS) is 15.8. The van der Waals surface area contributed by atoms with E-state index in [-0.39, 0.29) is 0 Å². The van der Waals surface area contributed by atoms with Crippen LogP contribution < -0.4 is 10.6 Å². The molecule has 0 radical (unpaired) electrons. The van der Waals surface area contributed by atoms with Gasteiger partial charge in [0, 0.05) is 24.2 Å². The van der Waals surface area contributed by atoms with Crippen LogP contribution in [0.1, 0.15) is 25.8 Å². The quantitative estimate of drug-likeness (QED) is 0.836. The minimum atomic E-state index is -3.49. The van der Waals surface area contributed by atoms with E-state index in [1.807, 2.05) is 6.07 Å². The highest BCUT2D eigenvalue weighted by Crippen LogP contribution is 2.32. The largest absolute Gasteiger partial charge is 0.399 e. The van der Waals surface area contributed by atoms with Gasteiger partial charge in [-0.25, -0.2) is 8.42 Å². The standard InChI is InChI=1S/C14H20N2O3S/c1-14(2,20(3,18)19)13(17)16-8-4-5-10-6-7-11(15)9-12(10)16/h6-7,9H,4-5,8,15H2,1-3H3. The maximum absolute atomic E-state index is 12.6. The smallest absolute Gasteiger partial charge is 0.247 e. The molecule has 1 heterocycles. The second-order valence-corrected chi connectivity index (χ2v) is 8.30. The molecular weight excluding hydrogens is 276 g/mol. The van der Waals surface area contributed by atoms with E-state index in [9.17, 15) is 13.2 Å². The van der Waals surface area contributed by atoms with Crippen molar-refractivity contribution in [1.82, 2.24) is 0 Å². The number of sulfone groups is 1. The summed E-state index contributed by atoms with van der Waals surface area (Å²) in [6.45, 7) is 3.42. The van der Waals surface area contributed by atoms with Gasteiger partial charge in [-0.05, 0) is 44.4 Å². The molecular formula is C14H20N2O3S. The average molecular weight is 296 g/mol. The van der Waals surface area contributed by atoms with Crippen molar-refractivity contribution in [2.24, 2.45) is 0 Å². The molecule has 2 rings (SSSR count). The first-order valence-corrected chi connectivity index (χ1v) is 8.43. The molecule has 1 aliphatic heterocycles. The van der Waals surface area contributed by atoms with Crippen LogP contribution >= 0.6 is 0 Å². The van der Waals surface area contributed by atoms with E-state index in [1.54, 1.807) is 17.0 Å². The van der Waals surface area contributed by atoms with Crippen molar-refractivity contribution < 1.29 is 13.2 Å². The second-order valence-electron chi connectivity index (χ2n) is 5.73. The molecule has 2 N–H and O–H groups in total. The number of amides is 1. The fraction of sp³-hybridized carbons (Fsp3) is 0.500. The molecule has 1 aliphatic rings. The SMILES string of the molecule is CC(C)(C(=O)N1CCCc2ccc(N)cc21)S(C)(=O)=O. The van der Waals surface area contributed by atoms with Gasteiger partial charge in [0.25, 0.3) is 0 Å². The molecule has 6 heteroatoms. The van der Waals surface area contributed by atoms with E-state index in [4.69, 9.17) is 5.73 Å². The van der Waals surface area contributed by atoms with Gasteiger partial charge < -0.3 is 10.6 Å². The summed E-state index contributed by atoms with van der Waals surface area (Å²) >= 11 is 0. The monoisotopic (exact) mass is 296 g/mol. The van der Waals surface area contributed by atoms with Gasteiger partial charge in [0.15, 0.2) is 9.84 Å². The third kappa shape index (κ3) is 2.40. The summed E-state index contributed by atoms with van der Waals surface area (Å²) in [5, 5.41) is 0. The molecule has 1 amide bonds. The molecule has 0 aliphatic carbocycles. The zero-order valence-electron chi connectivity index (χ0n) is 12.0. The maximum atomic E-state index is 12.6. The molecule has 5 nitrogen and oxygen atoms in total. The van der Waals surface area contributed by atoms with E-state index in [0.29, 0.717) is 12.2 Å². The van der Waals surface area contributed by atoms with Crippen molar-refractivity contribution in [3.63, 3.8) is 0 Å². The third-order valence-corrected chi connectivity index (χ3v) is 5.94. The Morgan fingerprint density at radius 2 is 2.00 bits per heavy atom. The highest BCUT2D eigenvalue weighted by Gasteiger charge is 2.42.